The van der Waals surface area contributed by atoms with Crippen LogP contribution in [0.4, 0.5) is 10.1 Å². The van der Waals surface area contributed by atoms with Gasteiger partial charge in [0.1, 0.15) is 11.6 Å². The fourth-order valence-electron chi connectivity index (χ4n) is 3.89. The van der Waals surface area contributed by atoms with E-state index in [1.165, 1.54) is 18.2 Å². The van der Waals surface area contributed by atoms with Gasteiger partial charge in [0.15, 0.2) is 5.76 Å². The Morgan fingerprint density at radius 1 is 0.969 bits per heavy atom. The lowest BCUT2D eigenvalue weighted by Gasteiger charge is -2.13. The van der Waals surface area contributed by atoms with Gasteiger partial charge in [0.05, 0.1) is 11.3 Å². The number of amides is 2. The molecule has 7 heteroatoms. The Hall–Kier alpha value is -3.74. The van der Waals surface area contributed by atoms with Gasteiger partial charge >= 0.3 is 0 Å². The average Bonchev–Trinajstić information content (AvgIpc) is 3.13. The minimum Gasteiger partial charge on any atom is -0.455 e. The van der Waals surface area contributed by atoms with E-state index >= 15 is 0 Å². The molecule has 0 aliphatic heterocycles. The van der Waals surface area contributed by atoms with Crippen LogP contribution in [0.15, 0.2) is 52.0 Å². The van der Waals surface area contributed by atoms with E-state index in [2.05, 4.69) is 15.8 Å². The highest BCUT2D eigenvalue weighted by Gasteiger charge is 2.28. The number of aryl methyl sites for hydroxylation is 2. The lowest BCUT2D eigenvalue weighted by atomic mass is 9.93. The molecular weight excluding hydrogens is 409 g/mol. The number of hydrogen-bond donors (Lipinski definition) is 2. The highest BCUT2D eigenvalue weighted by atomic mass is 19.1. The molecule has 2 aromatic carbocycles. The minimum absolute atomic E-state index is 0.0783. The zero-order chi connectivity index (χ0) is 22.8. The summed E-state index contributed by atoms with van der Waals surface area (Å²) in [6, 6.07) is 11.5. The maximum atomic E-state index is 13.9. The normalized spacial score (nSPS) is 14.2. The Bertz CT molecular complexity index is 1240. The van der Waals surface area contributed by atoms with E-state index in [0.29, 0.717) is 29.9 Å². The van der Waals surface area contributed by atoms with Crippen LogP contribution in [0.3, 0.4) is 0 Å². The second-order valence-electron chi connectivity index (χ2n) is 7.89. The van der Waals surface area contributed by atoms with Crippen LogP contribution in [0.5, 0.6) is 0 Å². The quantitative estimate of drug-likeness (QED) is 0.564. The van der Waals surface area contributed by atoms with Gasteiger partial charge in [-0.2, -0.15) is 5.10 Å². The van der Waals surface area contributed by atoms with Crippen LogP contribution in [0.1, 0.15) is 61.8 Å². The van der Waals surface area contributed by atoms with Crippen molar-refractivity contribution in [1.82, 2.24) is 5.43 Å². The molecule has 6 nitrogen and oxygen atoms in total. The molecule has 4 rings (SSSR count). The van der Waals surface area contributed by atoms with Crippen molar-refractivity contribution < 1.29 is 18.4 Å². The third-order valence-corrected chi connectivity index (χ3v) is 5.80. The summed E-state index contributed by atoms with van der Waals surface area (Å²) in [7, 11) is 0. The Morgan fingerprint density at radius 2 is 1.75 bits per heavy atom. The zero-order valence-corrected chi connectivity index (χ0v) is 18.2. The number of furan rings is 1. The van der Waals surface area contributed by atoms with E-state index in [1.807, 2.05) is 32.0 Å². The molecule has 0 bridgehead atoms. The number of hydrazone groups is 1. The van der Waals surface area contributed by atoms with Crippen LogP contribution in [-0.2, 0) is 6.42 Å². The fraction of sp³-hybridized carbons (Fsp3) is 0.240. The van der Waals surface area contributed by atoms with Crippen molar-refractivity contribution in [3.8, 4) is 0 Å². The van der Waals surface area contributed by atoms with E-state index in [1.54, 1.807) is 13.0 Å². The third-order valence-electron chi connectivity index (χ3n) is 5.80. The molecule has 0 unspecified atom stereocenters. The summed E-state index contributed by atoms with van der Waals surface area (Å²) in [5.74, 6) is -0.679. The summed E-state index contributed by atoms with van der Waals surface area (Å²) in [5.41, 5.74) is 7.18. The van der Waals surface area contributed by atoms with E-state index in [4.69, 9.17) is 4.42 Å². The Morgan fingerprint density at radius 3 is 2.53 bits per heavy atom. The van der Waals surface area contributed by atoms with Gasteiger partial charge in [-0.05, 0) is 62.9 Å². The largest absolute Gasteiger partial charge is 0.455 e. The molecule has 2 N–H and O–H groups in total. The summed E-state index contributed by atoms with van der Waals surface area (Å²) in [6.07, 6.45) is 2.06. The standard InChI is InChI=1S/C25H24FN3O3/c1-14-8-6-11-19(15(14)2)27-25(31)23-16(3)22-20(12-7-13-21(22)32-23)28-29-24(30)17-9-4-5-10-18(17)26/h4-6,8-11H,7,12-13H2,1-3H3,(H,27,31)(H,29,30)/b28-20+. The molecule has 164 valence electrons. The number of anilines is 1. The number of carbonyl (C=O) groups is 2. The van der Waals surface area contributed by atoms with Gasteiger partial charge in [-0.3, -0.25) is 9.59 Å². The number of halogens is 1. The Balaban J connectivity index is 1.59. The second-order valence-corrected chi connectivity index (χ2v) is 7.89. The van der Waals surface area contributed by atoms with E-state index in [9.17, 15) is 14.0 Å². The first-order chi connectivity index (χ1) is 15.4. The van der Waals surface area contributed by atoms with E-state index < -0.39 is 11.7 Å². The van der Waals surface area contributed by atoms with Crippen molar-refractivity contribution >= 4 is 23.2 Å². The summed E-state index contributed by atoms with van der Waals surface area (Å²) in [5, 5.41) is 7.17. The summed E-state index contributed by atoms with van der Waals surface area (Å²) in [6.45, 7) is 5.74. The highest BCUT2D eigenvalue weighted by Crippen LogP contribution is 2.30. The topological polar surface area (TPSA) is 83.7 Å². The number of rotatable bonds is 4. The van der Waals surface area contributed by atoms with Crippen LogP contribution in [0.25, 0.3) is 0 Å². The molecule has 1 aliphatic rings. The van der Waals surface area contributed by atoms with Crippen LogP contribution in [-0.4, -0.2) is 17.5 Å². The van der Waals surface area contributed by atoms with Gasteiger partial charge in [-0.25, -0.2) is 9.82 Å². The van der Waals surface area contributed by atoms with Gasteiger partial charge in [0.2, 0.25) is 0 Å². The fourth-order valence-corrected chi connectivity index (χ4v) is 3.89. The highest BCUT2D eigenvalue weighted by molar-refractivity contribution is 6.09. The molecule has 0 atom stereocenters. The SMILES string of the molecule is Cc1cccc(NC(=O)c2oc3c(c2C)/C(=N/NC(=O)c2ccccc2F)CCC3)c1C. The Kier molecular flexibility index (Phi) is 5.90. The molecule has 0 saturated heterocycles. The first kappa shape index (κ1) is 21.5. The number of carbonyl (C=O) groups excluding carboxylic acids is 2. The number of fused-ring (bicyclic) bond motifs is 1. The first-order valence-electron chi connectivity index (χ1n) is 10.5. The van der Waals surface area contributed by atoms with E-state index in [-0.39, 0.29) is 17.2 Å². The van der Waals surface area contributed by atoms with Crippen LogP contribution < -0.4 is 10.7 Å². The van der Waals surface area contributed by atoms with Gasteiger partial charge < -0.3 is 9.73 Å². The summed E-state index contributed by atoms with van der Waals surface area (Å²) >= 11 is 0. The molecule has 1 aromatic heterocycles. The van der Waals surface area contributed by atoms with Crippen LogP contribution in [0, 0.1) is 26.6 Å². The number of benzene rings is 2. The number of hydrogen-bond acceptors (Lipinski definition) is 4. The van der Waals surface area contributed by atoms with Crippen molar-refractivity contribution in [3.05, 3.63) is 87.6 Å². The molecule has 0 radical (unpaired) electrons. The minimum atomic E-state index is -0.628. The van der Waals surface area contributed by atoms with Gasteiger partial charge in [0, 0.05) is 23.2 Å². The van der Waals surface area contributed by atoms with Crippen molar-refractivity contribution in [1.29, 1.82) is 0 Å². The van der Waals surface area contributed by atoms with Gasteiger partial charge in [0.25, 0.3) is 11.8 Å². The second kappa shape index (κ2) is 8.78. The molecule has 3 aromatic rings. The summed E-state index contributed by atoms with van der Waals surface area (Å²) < 4.78 is 19.8. The Labute approximate surface area is 185 Å². The van der Waals surface area contributed by atoms with Crippen molar-refractivity contribution in [3.63, 3.8) is 0 Å². The zero-order valence-electron chi connectivity index (χ0n) is 18.2. The monoisotopic (exact) mass is 433 g/mol. The molecule has 32 heavy (non-hydrogen) atoms. The lowest BCUT2D eigenvalue weighted by Crippen LogP contribution is -2.23. The lowest BCUT2D eigenvalue weighted by molar-refractivity contribution is 0.0949. The van der Waals surface area contributed by atoms with Gasteiger partial charge in [-0.15, -0.1) is 0 Å². The third kappa shape index (κ3) is 4.06. The predicted molar refractivity (Wildman–Crippen MR) is 121 cm³/mol. The van der Waals surface area contributed by atoms with Crippen LogP contribution >= 0.6 is 0 Å². The van der Waals surface area contributed by atoms with E-state index in [0.717, 1.165) is 28.8 Å². The maximum absolute atomic E-state index is 13.9. The smallest absolute Gasteiger partial charge is 0.291 e. The molecule has 1 heterocycles. The predicted octanol–water partition coefficient (Wildman–Crippen LogP) is 5.07. The summed E-state index contributed by atoms with van der Waals surface area (Å²) in [4.78, 5) is 25.3. The van der Waals surface area contributed by atoms with Crippen molar-refractivity contribution in [2.24, 2.45) is 5.10 Å². The average molecular weight is 433 g/mol. The molecular formula is C25H24FN3O3. The molecule has 0 spiro atoms. The maximum Gasteiger partial charge on any atom is 0.291 e. The number of nitrogens with zero attached hydrogens (tertiary/aromatic N) is 1. The molecule has 1 aliphatic carbocycles. The molecule has 0 saturated carbocycles. The van der Waals surface area contributed by atoms with Crippen LogP contribution in [0.2, 0.25) is 0 Å². The first-order valence-corrected chi connectivity index (χ1v) is 10.5. The van der Waals surface area contributed by atoms with Crippen molar-refractivity contribution in [2.75, 3.05) is 5.32 Å². The van der Waals surface area contributed by atoms with Gasteiger partial charge in [-0.1, -0.05) is 24.3 Å². The molecule has 0 fully saturated rings. The van der Waals surface area contributed by atoms with Crippen molar-refractivity contribution in [2.45, 2.75) is 40.0 Å². The molecule has 2 amide bonds. The number of nitrogens with one attached hydrogen (secondary N) is 2.